The molecule has 2 aromatic carbocycles. The molecule has 2 aromatic rings. The van der Waals surface area contributed by atoms with E-state index in [1.165, 1.54) is 26.0 Å². The van der Waals surface area contributed by atoms with E-state index in [2.05, 4.69) is 26.6 Å². The van der Waals surface area contributed by atoms with Gasteiger partial charge in [0.05, 0.1) is 20.1 Å². The van der Waals surface area contributed by atoms with Gasteiger partial charge in [0.25, 0.3) is 0 Å². The lowest BCUT2D eigenvalue weighted by atomic mass is 9.87. The second-order valence-corrected chi connectivity index (χ2v) is 17.5. The zero-order chi connectivity index (χ0) is 46.1. The highest BCUT2D eigenvalue weighted by Gasteiger charge is 2.52. The average molecular weight is 884 g/mol. The Hall–Kier alpha value is -6.26. The van der Waals surface area contributed by atoms with E-state index >= 15 is 0 Å². The molecule has 1 saturated carbocycles. The van der Waals surface area contributed by atoms with Crippen LogP contribution in [0.15, 0.2) is 72.8 Å². The maximum absolute atomic E-state index is 14.4. The predicted molar refractivity (Wildman–Crippen MR) is 234 cm³/mol. The molecule has 64 heavy (non-hydrogen) atoms. The van der Waals surface area contributed by atoms with Gasteiger partial charge in [-0.05, 0) is 67.9 Å². The highest BCUT2D eigenvalue weighted by atomic mass is 16.5. The van der Waals surface area contributed by atoms with Crippen molar-refractivity contribution in [1.29, 1.82) is 0 Å². The molecular formula is C47H61N7O10. The number of benzene rings is 2. The van der Waals surface area contributed by atoms with Crippen LogP contribution in [0.5, 0.6) is 0 Å². The zero-order valence-electron chi connectivity index (χ0n) is 37.1. The van der Waals surface area contributed by atoms with Crippen molar-refractivity contribution in [3.05, 3.63) is 83.9 Å². The van der Waals surface area contributed by atoms with Crippen molar-refractivity contribution in [3.8, 4) is 0 Å². The summed E-state index contributed by atoms with van der Waals surface area (Å²) >= 11 is 0. The molecule has 0 spiro atoms. The molecule has 2 aliphatic carbocycles. The molecule has 2 heterocycles. The molecule has 3 unspecified atom stereocenters. The molecule has 2 bridgehead atoms. The first-order chi connectivity index (χ1) is 30.7. The number of esters is 2. The van der Waals surface area contributed by atoms with Gasteiger partial charge in [0.2, 0.25) is 29.5 Å². The van der Waals surface area contributed by atoms with Gasteiger partial charge >= 0.3 is 18.0 Å². The van der Waals surface area contributed by atoms with E-state index in [1.54, 1.807) is 18.7 Å². The number of amides is 7. The van der Waals surface area contributed by atoms with Gasteiger partial charge in [0.1, 0.15) is 36.3 Å². The van der Waals surface area contributed by atoms with Gasteiger partial charge in [0.15, 0.2) is 0 Å². The molecule has 0 aromatic heterocycles. The Morgan fingerprint density at radius 3 is 1.78 bits per heavy atom. The third kappa shape index (κ3) is 11.1. The summed E-state index contributed by atoms with van der Waals surface area (Å²) in [6.07, 6.45) is 6.74. The van der Waals surface area contributed by atoms with Gasteiger partial charge < -0.3 is 45.9 Å². The average Bonchev–Trinajstić information content (AvgIpc) is 4.13. The third-order valence-corrected chi connectivity index (χ3v) is 12.9. The Balaban J connectivity index is 1.11. The number of ether oxygens (including phenoxy) is 2. The van der Waals surface area contributed by atoms with Crippen LogP contribution in [0.1, 0.15) is 64.0 Å². The number of carbonyl (C=O) groups excluding carboxylic acids is 8. The third-order valence-electron chi connectivity index (χ3n) is 12.9. The van der Waals surface area contributed by atoms with Crippen molar-refractivity contribution >= 4 is 47.5 Å². The number of hydrogen-bond donors (Lipinski definition) is 5. The van der Waals surface area contributed by atoms with Gasteiger partial charge in [-0.2, -0.15) is 0 Å². The zero-order valence-corrected chi connectivity index (χ0v) is 37.1. The first-order valence-corrected chi connectivity index (χ1v) is 22.2. The first kappa shape index (κ1) is 47.2. The largest absolute Gasteiger partial charge is 0.467 e. The van der Waals surface area contributed by atoms with E-state index in [9.17, 15) is 38.4 Å². The van der Waals surface area contributed by atoms with Crippen LogP contribution in [0.25, 0.3) is 0 Å². The molecule has 2 saturated heterocycles. The first-order valence-electron chi connectivity index (χ1n) is 22.2. The summed E-state index contributed by atoms with van der Waals surface area (Å²) in [6, 6.07) is 11.4. The summed E-state index contributed by atoms with van der Waals surface area (Å²) < 4.78 is 9.83. The number of methoxy groups -OCH3 is 2. The summed E-state index contributed by atoms with van der Waals surface area (Å²) in [7, 11) is 2.48. The smallest absolute Gasteiger partial charge is 0.328 e. The fraction of sp³-hybridized carbons (Fsp3) is 0.532. The Morgan fingerprint density at radius 1 is 0.641 bits per heavy atom. The van der Waals surface area contributed by atoms with Gasteiger partial charge in [-0.15, -0.1) is 0 Å². The quantitative estimate of drug-likeness (QED) is 0.115. The van der Waals surface area contributed by atoms with Crippen molar-refractivity contribution in [1.82, 2.24) is 36.4 Å². The number of allylic oxidation sites excluding steroid dienone is 1. The lowest BCUT2D eigenvalue weighted by molar-refractivity contribution is -0.147. The minimum Gasteiger partial charge on any atom is -0.467 e. The molecule has 4 aliphatic rings. The van der Waals surface area contributed by atoms with Crippen LogP contribution in [0.4, 0.5) is 4.79 Å². The predicted octanol–water partition coefficient (Wildman–Crippen LogP) is 1.79. The monoisotopic (exact) mass is 883 g/mol. The van der Waals surface area contributed by atoms with Crippen molar-refractivity contribution < 1.29 is 47.8 Å². The number of nitrogens with one attached hydrogen (secondary N) is 5. The lowest BCUT2D eigenvalue weighted by Crippen LogP contribution is -2.59. The second kappa shape index (κ2) is 21.4. The standard InChI is InChI=1S/C47H61N7O10/c1-27(2)38(46(61)64-5)51-40(55)28(3)48-42(57)35-18-12-22-53(35)44(59)37-31-20-21-32(26-31)39(37)52-47(62)54-23-13-19-36(54)43(58)49-33(24-29-14-8-6-9-15-29)41(56)50-34(45(60)63-4)25-30-16-10-7-11-17-30/h6-11,14-17,20-21,27-28,31-39H,12-13,18-19,22-26H2,1-5H3,(H,48,57)(H,49,58)(H,50,56)(H,51,55)(H,52,62)/t28-,31?,32?,33-,34-,35-,36-,37?,38-,39-/m0/s1. The Morgan fingerprint density at radius 2 is 1.19 bits per heavy atom. The summed E-state index contributed by atoms with van der Waals surface area (Å²) in [5.41, 5.74) is 1.58. The maximum atomic E-state index is 14.4. The lowest BCUT2D eigenvalue weighted by Gasteiger charge is -2.35. The number of nitrogens with zero attached hydrogens (tertiary/aromatic N) is 2. The van der Waals surface area contributed by atoms with Crippen molar-refractivity contribution in [2.45, 2.75) is 108 Å². The van der Waals surface area contributed by atoms with Crippen molar-refractivity contribution in [3.63, 3.8) is 0 Å². The molecule has 17 heteroatoms. The number of carbonyl (C=O) groups is 8. The Bertz CT molecular complexity index is 2070. The molecule has 5 N–H and O–H groups in total. The summed E-state index contributed by atoms with van der Waals surface area (Å²) in [5.74, 6) is -4.90. The van der Waals surface area contributed by atoms with Crippen LogP contribution >= 0.6 is 0 Å². The van der Waals surface area contributed by atoms with Gasteiger partial charge in [0, 0.05) is 32.0 Å². The molecule has 10 atom stereocenters. The van der Waals surface area contributed by atoms with Crippen LogP contribution in [-0.2, 0) is 55.9 Å². The van der Waals surface area contributed by atoms with Gasteiger partial charge in [-0.3, -0.25) is 24.0 Å². The molecule has 344 valence electrons. The van der Waals surface area contributed by atoms with E-state index in [0.29, 0.717) is 38.6 Å². The number of likely N-dealkylation sites (tertiary alicyclic amines) is 2. The van der Waals surface area contributed by atoms with E-state index in [4.69, 9.17) is 9.47 Å². The van der Waals surface area contributed by atoms with E-state index in [0.717, 1.165) is 11.1 Å². The second-order valence-electron chi connectivity index (χ2n) is 17.5. The van der Waals surface area contributed by atoms with Crippen LogP contribution in [0.3, 0.4) is 0 Å². The Kier molecular flexibility index (Phi) is 15.8. The minimum atomic E-state index is -1.10. The molecule has 6 rings (SSSR count). The number of hydrogen-bond acceptors (Lipinski definition) is 10. The molecule has 17 nitrogen and oxygen atoms in total. The maximum Gasteiger partial charge on any atom is 0.328 e. The van der Waals surface area contributed by atoms with Crippen LogP contribution in [0, 0.1) is 23.7 Å². The SMILES string of the molecule is COC(=O)[C@H](Cc1ccccc1)NC(=O)[C@H](Cc1ccccc1)NC(=O)[C@@H]1CCCN1C(=O)N[C@H]1C2C=CC(C2)C1C(=O)N1CCC[C@H]1C(=O)N[C@@H](C)C(=O)N[C@H](C(=O)OC)C(C)C. The number of urea groups is 1. The van der Waals surface area contributed by atoms with Crippen LogP contribution < -0.4 is 26.6 Å². The van der Waals surface area contributed by atoms with Crippen LogP contribution in [-0.4, -0.2) is 127 Å². The molecule has 7 amide bonds. The highest BCUT2D eigenvalue weighted by Crippen LogP contribution is 2.45. The number of rotatable bonds is 17. The topological polar surface area (TPSA) is 222 Å². The molecule has 0 radical (unpaired) electrons. The molecule has 2 aliphatic heterocycles. The van der Waals surface area contributed by atoms with E-state index in [1.807, 2.05) is 72.8 Å². The van der Waals surface area contributed by atoms with Crippen LogP contribution in [0.2, 0.25) is 0 Å². The fourth-order valence-electron chi connectivity index (χ4n) is 9.42. The van der Waals surface area contributed by atoms with E-state index < -0.39 is 89.8 Å². The number of fused-ring (bicyclic) bond motifs is 2. The molecular weight excluding hydrogens is 823 g/mol. The van der Waals surface area contributed by atoms with E-state index in [-0.39, 0.29) is 43.0 Å². The summed E-state index contributed by atoms with van der Waals surface area (Å²) in [5, 5.41) is 14.1. The molecule has 3 fully saturated rings. The van der Waals surface area contributed by atoms with Gasteiger partial charge in [-0.25, -0.2) is 14.4 Å². The summed E-state index contributed by atoms with van der Waals surface area (Å²) in [4.78, 5) is 111. The van der Waals surface area contributed by atoms with Crippen molar-refractivity contribution in [2.24, 2.45) is 23.7 Å². The fourth-order valence-corrected chi connectivity index (χ4v) is 9.42. The van der Waals surface area contributed by atoms with Gasteiger partial charge in [-0.1, -0.05) is 86.7 Å². The Labute approximate surface area is 373 Å². The highest BCUT2D eigenvalue weighted by molar-refractivity contribution is 5.96. The minimum absolute atomic E-state index is 0.119. The van der Waals surface area contributed by atoms with Crippen molar-refractivity contribution in [2.75, 3.05) is 27.3 Å². The normalized spacial score (nSPS) is 24.0. The summed E-state index contributed by atoms with van der Waals surface area (Å²) in [6.45, 7) is 5.63.